The first kappa shape index (κ1) is 22.0. The van der Waals surface area contributed by atoms with E-state index in [1.165, 1.54) is 0 Å². The lowest BCUT2D eigenvalue weighted by Gasteiger charge is -2.36. The first-order valence-electron chi connectivity index (χ1n) is 11.0. The zero-order chi connectivity index (χ0) is 23.1. The SMILES string of the molecule is COc1ccccc1C1CCCN1C(=O)C1C(C)=Nc2ccnn2C1c1ccc(Cl)c(Cl)c1. The number of para-hydroxylation sites is 1. The highest BCUT2D eigenvalue weighted by Gasteiger charge is 2.43. The summed E-state index contributed by atoms with van der Waals surface area (Å²) in [5.41, 5.74) is 2.66. The second-order valence-corrected chi connectivity index (χ2v) is 9.23. The van der Waals surface area contributed by atoms with E-state index >= 15 is 0 Å². The predicted octanol–water partition coefficient (Wildman–Crippen LogP) is 5.87. The van der Waals surface area contributed by atoms with Gasteiger partial charge in [-0.15, -0.1) is 0 Å². The minimum absolute atomic E-state index is 0.0295. The molecule has 0 radical (unpaired) electrons. The van der Waals surface area contributed by atoms with E-state index in [4.69, 9.17) is 32.9 Å². The van der Waals surface area contributed by atoms with Crippen LogP contribution in [0.1, 0.15) is 43.0 Å². The quantitative estimate of drug-likeness (QED) is 0.466. The molecule has 8 heteroatoms. The molecule has 0 aliphatic carbocycles. The van der Waals surface area contributed by atoms with Crippen molar-refractivity contribution in [2.75, 3.05) is 13.7 Å². The van der Waals surface area contributed by atoms with Gasteiger partial charge >= 0.3 is 0 Å². The van der Waals surface area contributed by atoms with Crippen LogP contribution in [0.2, 0.25) is 10.0 Å². The molecule has 0 spiro atoms. The fourth-order valence-corrected chi connectivity index (χ4v) is 5.35. The van der Waals surface area contributed by atoms with Crippen molar-refractivity contribution < 1.29 is 9.53 Å². The van der Waals surface area contributed by atoms with Crippen LogP contribution in [0.4, 0.5) is 5.82 Å². The third-order valence-corrected chi connectivity index (χ3v) is 7.29. The number of carbonyl (C=O) groups excluding carboxylic acids is 1. The number of aliphatic imine (C=N–C) groups is 1. The van der Waals surface area contributed by atoms with E-state index in [1.807, 2.05) is 59.0 Å². The maximum Gasteiger partial charge on any atom is 0.234 e. The molecule has 3 unspecified atom stereocenters. The fraction of sp³-hybridized carbons (Fsp3) is 0.320. The normalized spacial score (nSPS) is 22.1. The standard InChI is InChI=1S/C25H24Cl2N4O2/c1-15-23(25(32)30-13-5-7-20(30)17-6-3-4-8-21(17)33-2)24(31-22(29-15)11-12-28-31)16-9-10-18(26)19(27)14-16/h3-4,6,8-12,14,20,23-24H,5,7,13H2,1-2H3. The van der Waals surface area contributed by atoms with E-state index in [-0.39, 0.29) is 18.0 Å². The van der Waals surface area contributed by atoms with Crippen molar-refractivity contribution in [3.63, 3.8) is 0 Å². The molecule has 6 nitrogen and oxygen atoms in total. The number of halogens is 2. The van der Waals surface area contributed by atoms with Crippen molar-refractivity contribution >= 4 is 40.6 Å². The van der Waals surface area contributed by atoms with Crippen LogP contribution in [-0.2, 0) is 4.79 Å². The Balaban J connectivity index is 1.57. The molecule has 170 valence electrons. The predicted molar refractivity (Wildman–Crippen MR) is 130 cm³/mol. The zero-order valence-corrected chi connectivity index (χ0v) is 19.9. The van der Waals surface area contributed by atoms with Crippen LogP contribution < -0.4 is 4.74 Å². The van der Waals surface area contributed by atoms with Crippen molar-refractivity contribution in [2.24, 2.45) is 10.9 Å². The van der Waals surface area contributed by atoms with E-state index in [1.54, 1.807) is 19.4 Å². The maximum absolute atomic E-state index is 14.2. The van der Waals surface area contributed by atoms with Crippen molar-refractivity contribution in [3.05, 3.63) is 75.9 Å². The summed E-state index contributed by atoms with van der Waals surface area (Å²) in [7, 11) is 1.66. The third kappa shape index (κ3) is 3.81. The van der Waals surface area contributed by atoms with Crippen molar-refractivity contribution in [1.29, 1.82) is 0 Å². The molecule has 2 aliphatic heterocycles. The lowest BCUT2D eigenvalue weighted by Crippen LogP contribution is -2.44. The lowest BCUT2D eigenvalue weighted by atomic mass is 9.86. The molecule has 3 atom stereocenters. The fourth-order valence-electron chi connectivity index (χ4n) is 5.05. The Bertz CT molecular complexity index is 1240. The second kappa shape index (κ2) is 8.84. The number of aromatic nitrogens is 2. The van der Waals surface area contributed by atoms with Gasteiger partial charge in [0.05, 0.1) is 35.4 Å². The molecule has 3 aromatic rings. The number of methoxy groups -OCH3 is 1. The van der Waals surface area contributed by atoms with Gasteiger partial charge in [-0.2, -0.15) is 5.10 Å². The van der Waals surface area contributed by atoms with Gasteiger partial charge in [-0.1, -0.05) is 47.5 Å². The van der Waals surface area contributed by atoms with Gasteiger partial charge in [0.25, 0.3) is 0 Å². The van der Waals surface area contributed by atoms with E-state index < -0.39 is 5.92 Å². The van der Waals surface area contributed by atoms with Crippen LogP contribution in [0.3, 0.4) is 0 Å². The molecule has 0 N–H and O–H groups in total. The molecule has 1 fully saturated rings. The molecule has 0 bridgehead atoms. The first-order valence-corrected chi connectivity index (χ1v) is 11.7. The number of benzene rings is 2. The number of hydrogen-bond donors (Lipinski definition) is 0. The summed E-state index contributed by atoms with van der Waals surface area (Å²) in [6.45, 7) is 2.60. The van der Waals surface area contributed by atoms with Crippen LogP contribution in [0, 0.1) is 5.92 Å². The number of ether oxygens (including phenoxy) is 1. The molecule has 33 heavy (non-hydrogen) atoms. The Kier molecular flexibility index (Phi) is 5.89. The summed E-state index contributed by atoms with van der Waals surface area (Å²) in [4.78, 5) is 20.9. The molecule has 2 aliphatic rings. The second-order valence-electron chi connectivity index (χ2n) is 8.41. The van der Waals surface area contributed by atoms with Crippen LogP contribution >= 0.6 is 23.2 Å². The average Bonchev–Trinajstić information content (AvgIpc) is 3.49. The number of likely N-dealkylation sites (tertiary alicyclic amines) is 1. The number of amides is 1. The molecule has 3 heterocycles. The van der Waals surface area contributed by atoms with Gasteiger partial charge in [-0.05, 0) is 43.5 Å². The molecule has 0 saturated carbocycles. The van der Waals surface area contributed by atoms with Crippen LogP contribution in [0.25, 0.3) is 0 Å². The topological polar surface area (TPSA) is 59.7 Å². The number of hydrogen-bond acceptors (Lipinski definition) is 4. The summed E-state index contributed by atoms with van der Waals surface area (Å²) in [6, 6.07) is 14.8. The van der Waals surface area contributed by atoms with Gasteiger partial charge in [0, 0.05) is 23.9 Å². The van der Waals surface area contributed by atoms with Gasteiger partial charge in [0.2, 0.25) is 5.91 Å². The van der Waals surface area contributed by atoms with Crippen molar-refractivity contribution in [3.8, 4) is 5.75 Å². The largest absolute Gasteiger partial charge is 0.496 e. The summed E-state index contributed by atoms with van der Waals surface area (Å²) < 4.78 is 7.41. The number of fused-ring (bicyclic) bond motifs is 1. The van der Waals surface area contributed by atoms with Crippen LogP contribution in [-0.4, -0.2) is 40.0 Å². The molecule has 2 aromatic carbocycles. The minimum atomic E-state index is -0.509. The number of carbonyl (C=O) groups is 1. The highest BCUT2D eigenvalue weighted by atomic mass is 35.5. The highest BCUT2D eigenvalue weighted by Crippen LogP contribution is 2.42. The van der Waals surface area contributed by atoms with Gasteiger partial charge in [0.1, 0.15) is 11.7 Å². The van der Waals surface area contributed by atoms with Crippen LogP contribution in [0.5, 0.6) is 5.75 Å². The van der Waals surface area contributed by atoms with Gasteiger partial charge in [0.15, 0.2) is 5.82 Å². The summed E-state index contributed by atoms with van der Waals surface area (Å²) in [6.07, 6.45) is 3.53. The average molecular weight is 483 g/mol. The summed E-state index contributed by atoms with van der Waals surface area (Å²) >= 11 is 12.5. The minimum Gasteiger partial charge on any atom is -0.496 e. The Hall–Kier alpha value is -2.83. The third-order valence-electron chi connectivity index (χ3n) is 6.55. The zero-order valence-electron chi connectivity index (χ0n) is 18.4. The summed E-state index contributed by atoms with van der Waals surface area (Å²) in [5, 5.41) is 5.43. The molecule has 1 amide bonds. The summed E-state index contributed by atoms with van der Waals surface area (Å²) in [5.74, 6) is 1.04. The molecular formula is C25H24Cl2N4O2. The van der Waals surface area contributed by atoms with Crippen molar-refractivity contribution in [2.45, 2.75) is 31.8 Å². The Morgan fingerprint density at radius 3 is 2.73 bits per heavy atom. The van der Waals surface area contributed by atoms with Gasteiger partial charge < -0.3 is 9.64 Å². The molecular weight excluding hydrogens is 459 g/mol. The van der Waals surface area contributed by atoms with E-state index in [2.05, 4.69) is 5.10 Å². The van der Waals surface area contributed by atoms with E-state index in [0.29, 0.717) is 16.6 Å². The number of rotatable bonds is 4. The lowest BCUT2D eigenvalue weighted by molar-refractivity contribution is -0.135. The molecule has 1 aromatic heterocycles. The van der Waals surface area contributed by atoms with E-state index in [9.17, 15) is 4.79 Å². The monoisotopic (exact) mass is 482 g/mol. The molecule has 1 saturated heterocycles. The van der Waals surface area contributed by atoms with Gasteiger partial charge in [-0.25, -0.2) is 9.67 Å². The maximum atomic E-state index is 14.2. The highest BCUT2D eigenvalue weighted by molar-refractivity contribution is 6.42. The van der Waals surface area contributed by atoms with Gasteiger partial charge in [-0.3, -0.25) is 4.79 Å². The Labute approximate surface area is 202 Å². The Morgan fingerprint density at radius 1 is 1.12 bits per heavy atom. The Morgan fingerprint density at radius 2 is 1.94 bits per heavy atom. The molecule has 5 rings (SSSR count). The van der Waals surface area contributed by atoms with Crippen LogP contribution in [0.15, 0.2) is 59.7 Å². The smallest absolute Gasteiger partial charge is 0.234 e. The number of nitrogens with zero attached hydrogens (tertiary/aromatic N) is 4. The first-order chi connectivity index (χ1) is 16.0. The van der Waals surface area contributed by atoms with Crippen molar-refractivity contribution in [1.82, 2.24) is 14.7 Å². The van der Waals surface area contributed by atoms with E-state index in [0.717, 1.165) is 41.2 Å².